The Kier molecular flexibility index (Phi) is 7.52. The zero-order valence-corrected chi connectivity index (χ0v) is 16.4. The van der Waals surface area contributed by atoms with E-state index < -0.39 is 5.97 Å². The molecule has 1 aromatic heterocycles. The van der Waals surface area contributed by atoms with E-state index in [2.05, 4.69) is 25.3 Å². The number of halogens is 1. The number of hydrogen-bond donors (Lipinski definition) is 2. The molecule has 1 aromatic carbocycles. The monoisotopic (exact) mass is 400 g/mol. The molecule has 0 saturated carbocycles. The summed E-state index contributed by atoms with van der Waals surface area (Å²) in [7, 11) is 1.30. The van der Waals surface area contributed by atoms with Crippen LogP contribution in [0, 0.1) is 5.82 Å². The number of aryl methyl sites for hydroxylation is 1. The summed E-state index contributed by atoms with van der Waals surface area (Å²) in [6.45, 7) is 2.29. The highest BCUT2D eigenvalue weighted by atomic mass is 19.1. The molecule has 0 amide bonds. The van der Waals surface area contributed by atoms with Gasteiger partial charge in [0.1, 0.15) is 17.7 Å². The number of hydrogen-bond acceptors (Lipinski definition) is 7. The normalized spacial score (nSPS) is 15.6. The molecular formula is C21H25FN4O3. The molecule has 1 aliphatic rings. The minimum Gasteiger partial charge on any atom is -0.488 e. The van der Waals surface area contributed by atoms with Crippen molar-refractivity contribution >= 4 is 18.0 Å². The van der Waals surface area contributed by atoms with Gasteiger partial charge in [0.15, 0.2) is 0 Å². The third-order valence-corrected chi connectivity index (χ3v) is 4.53. The van der Waals surface area contributed by atoms with Crippen LogP contribution in [-0.4, -0.2) is 48.8 Å². The Labute approximate surface area is 169 Å². The molecule has 1 atom stereocenters. The summed E-state index contributed by atoms with van der Waals surface area (Å²) in [4.78, 5) is 19.6. The van der Waals surface area contributed by atoms with Crippen LogP contribution in [0.3, 0.4) is 0 Å². The van der Waals surface area contributed by atoms with Crippen LogP contribution in [-0.2, 0) is 16.0 Å². The van der Waals surface area contributed by atoms with Gasteiger partial charge >= 0.3 is 5.97 Å². The fraction of sp³-hybridized carbons (Fsp3) is 0.381. The quantitative estimate of drug-likeness (QED) is 0.380. The molecule has 2 N–H and O–H groups in total. The van der Waals surface area contributed by atoms with Crippen molar-refractivity contribution in [3.63, 3.8) is 0 Å². The number of anilines is 1. The Morgan fingerprint density at radius 3 is 2.97 bits per heavy atom. The van der Waals surface area contributed by atoms with Crippen LogP contribution in [0.2, 0.25) is 0 Å². The van der Waals surface area contributed by atoms with Crippen LogP contribution in [0.5, 0.6) is 5.75 Å². The van der Waals surface area contributed by atoms with E-state index in [-0.39, 0.29) is 11.9 Å². The number of carbonyl (C=O) groups is 1. The van der Waals surface area contributed by atoms with Crippen LogP contribution in [0.15, 0.2) is 36.7 Å². The molecule has 3 rings (SSSR count). The Morgan fingerprint density at radius 2 is 2.17 bits per heavy atom. The lowest BCUT2D eigenvalue weighted by molar-refractivity contribution is -0.134. The number of nitrogens with zero attached hydrogens (tertiary/aromatic N) is 2. The van der Waals surface area contributed by atoms with Gasteiger partial charge in [-0.2, -0.15) is 0 Å². The van der Waals surface area contributed by atoms with Crippen LogP contribution in [0.25, 0.3) is 6.08 Å². The molecule has 1 unspecified atom stereocenters. The van der Waals surface area contributed by atoms with Crippen molar-refractivity contribution in [2.24, 2.45) is 0 Å². The van der Waals surface area contributed by atoms with Gasteiger partial charge in [-0.25, -0.2) is 19.2 Å². The van der Waals surface area contributed by atoms with Crippen molar-refractivity contribution in [1.29, 1.82) is 0 Å². The van der Waals surface area contributed by atoms with E-state index in [1.54, 1.807) is 18.5 Å². The van der Waals surface area contributed by atoms with E-state index in [9.17, 15) is 9.18 Å². The predicted octanol–water partition coefficient (Wildman–Crippen LogP) is 2.59. The number of aromatic nitrogens is 2. The second kappa shape index (κ2) is 10.5. The number of ether oxygens (including phenoxy) is 2. The van der Waals surface area contributed by atoms with Gasteiger partial charge in [0.25, 0.3) is 0 Å². The topological polar surface area (TPSA) is 85.4 Å². The van der Waals surface area contributed by atoms with E-state index in [1.807, 2.05) is 0 Å². The molecule has 0 bridgehead atoms. The second-order valence-corrected chi connectivity index (χ2v) is 6.68. The molecule has 1 aliphatic heterocycles. The first-order valence-electron chi connectivity index (χ1n) is 9.62. The summed E-state index contributed by atoms with van der Waals surface area (Å²) in [6, 6.07) is 4.64. The van der Waals surface area contributed by atoms with Crippen molar-refractivity contribution in [2.45, 2.75) is 25.4 Å². The average molecular weight is 400 g/mol. The molecule has 29 heavy (non-hydrogen) atoms. The molecule has 2 heterocycles. The van der Waals surface area contributed by atoms with E-state index in [4.69, 9.17) is 4.74 Å². The number of carbonyl (C=O) groups excluding carboxylic acids is 1. The summed E-state index contributed by atoms with van der Waals surface area (Å²) >= 11 is 0. The fourth-order valence-electron chi connectivity index (χ4n) is 3.11. The first-order valence-corrected chi connectivity index (χ1v) is 9.62. The van der Waals surface area contributed by atoms with E-state index in [0.717, 1.165) is 37.9 Å². The van der Waals surface area contributed by atoms with Crippen molar-refractivity contribution in [3.05, 3.63) is 53.6 Å². The molecule has 0 saturated heterocycles. The Bertz CT molecular complexity index is 845. The van der Waals surface area contributed by atoms with Gasteiger partial charge in [0, 0.05) is 37.1 Å². The molecular weight excluding hydrogens is 375 g/mol. The standard InChI is InChI=1S/C21H25FN4O3/c1-28-19(27)7-5-16-13-17(22)12-15-4-6-18(29-20(15)16)14-23-8-2-9-24-21-25-10-3-11-26-21/h3,5,7,10-13,18,23H,2,4,6,8-9,14H2,1H3,(H,24,25,26). The van der Waals surface area contributed by atoms with Gasteiger partial charge in [0.2, 0.25) is 5.95 Å². The smallest absolute Gasteiger partial charge is 0.330 e. The molecule has 154 valence electrons. The molecule has 8 heteroatoms. The predicted molar refractivity (Wildman–Crippen MR) is 108 cm³/mol. The van der Waals surface area contributed by atoms with Gasteiger partial charge < -0.3 is 20.1 Å². The first-order chi connectivity index (χ1) is 14.2. The van der Waals surface area contributed by atoms with Crippen molar-refractivity contribution in [3.8, 4) is 5.75 Å². The Morgan fingerprint density at radius 1 is 1.34 bits per heavy atom. The van der Waals surface area contributed by atoms with Gasteiger partial charge in [-0.15, -0.1) is 0 Å². The number of methoxy groups -OCH3 is 1. The third-order valence-electron chi connectivity index (χ3n) is 4.53. The lowest BCUT2D eigenvalue weighted by atomic mass is 9.98. The first kappa shape index (κ1) is 20.7. The largest absolute Gasteiger partial charge is 0.488 e. The Hall–Kier alpha value is -3.00. The zero-order chi connectivity index (χ0) is 20.5. The van der Waals surface area contributed by atoms with Crippen LogP contribution >= 0.6 is 0 Å². The van der Waals surface area contributed by atoms with Crippen LogP contribution in [0.1, 0.15) is 24.0 Å². The number of benzene rings is 1. The minimum absolute atomic E-state index is 0.0105. The molecule has 0 radical (unpaired) electrons. The number of fused-ring (bicyclic) bond motifs is 1. The third kappa shape index (κ3) is 6.25. The molecule has 7 nitrogen and oxygen atoms in total. The minimum atomic E-state index is -0.494. The summed E-state index contributed by atoms with van der Waals surface area (Å²) in [5.41, 5.74) is 1.36. The van der Waals surface area contributed by atoms with Crippen molar-refractivity contribution in [1.82, 2.24) is 15.3 Å². The SMILES string of the molecule is COC(=O)C=Cc1cc(F)cc2c1OC(CNCCCNc1ncccn1)CC2. The molecule has 0 aliphatic carbocycles. The summed E-state index contributed by atoms with van der Waals surface area (Å²) in [5, 5.41) is 6.55. The maximum atomic E-state index is 13.9. The lowest BCUT2D eigenvalue weighted by Crippen LogP contribution is -2.35. The van der Waals surface area contributed by atoms with E-state index >= 15 is 0 Å². The van der Waals surface area contributed by atoms with Gasteiger partial charge in [-0.1, -0.05) is 0 Å². The van der Waals surface area contributed by atoms with Crippen LogP contribution < -0.4 is 15.4 Å². The number of rotatable bonds is 9. The summed E-state index contributed by atoms with van der Waals surface area (Å²) in [6.07, 6.45) is 8.64. The lowest BCUT2D eigenvalue weighted by Gasteiger charge is -2.28. The maximum Gasteiger partial charge on any atom is 0.330 e. The van der Waals surface area contributed by atoms with E-state index in [1.165, 1.54) is 31.4 Å². The summed E-state index contributed by atoms with van der Waals surface area (Å²) in [5.74, 6) is 0.418. The van der Waals surface area contributed by atoms with Gasteiger partial charge in [-0.3, -0.25) is 0 Å². The van der Waals surface area contributed by atoms with E-state index in [0.29, 0.717) is 23.8 Å². The fourth-order valence-corrected chi connectivity index (χ4v) is 3.11. The second-order valence-electron chi connectivity index (χ2n) is 6.68. The Balaban J connectivity index is 1.47. The highest BCUT2D eigenvalue weighted by molar-refractivity contribution is 5.87. The molecule has 2 aromatic rings. The summed E-state index contributed by atoms with van der Waals surface area (Å²) < 4.78 is 24.6. The zero-order valence-electron chi connectivity index (χ0n) is 16.4. The average Bonchev–Trinajstić information content (AvgIpc) is 2.75. The molecule has 0 spiro atoms. The van der Waals surface area contributed by atoms with Gasteiger partial charge in [-0.05, 0) is 55.6 Å². The maximum absolute atomic E-state index is 13.9. The van der Waals surface area contributed by atoms with Crippen molar-refractivity contribution in [2.75, 3.05) is 32.1 Å². The van der Waals surface area contributed by atoms with Gasteiger partial charge in [0.05, 0.1) is 7.11 Å². The van der Waals surface area contributed by atoms with Crippen molar-refractivity contribution < 1.29 is 18.7 Å². The highest BCUT2D eigenvalue weighted by Gasteiger charge is 2.22. The molecule has 0 fully saturated rings. The van der Waals surface area contributed by atoms with Crippen LogP contribution in [0.4, 0.5) is 10.3 Å². The number of nitrogens with one attached hydrogen (secondary N) is 2. The highest BCUT2D eigenvalue weighted by Crippen LogP contribution is 2.33. The number of esters is 1.